The van der Waals surface area contributed by atoms with Crippen molar-refractivity contribution in [2.45, 2.75) is 52.4 Å². The van der Waals surface area contributed by atoms with Crippen LogP contribution in [0.4, 0.5) is 0 Å². The molecular weight excluding hydrogens is 620 g/mol. The molecule has 2 aromatic carbocycles. The van der Waals surface area contributed by atoms with Crippen molar-refractivity contribution < 1.29 is 38.9 Å². The summed E-state index contributed by atoms with van der Waals surface area (Å²) in [5, 5.41) is 19.1. The van der Waals surface area contributed by atoms with Crippen LogP contribution >= 0.6 is 0 Å². The maximum atomic E-state index is 12.4. The Bertz CT molecular complexity index is 1740. The molecule has 3 fully saturated rings. The van der Waals surface area contributed by atoms with Crippen molar-refractivity contribution in [3.8, 4) is 23.0 Å². The third-order valence-corrected chi connectivity index (χ3v) is 10.9. The number of rotatable bonds is 8. The number of phenols is 2. The minimum absolute atomic E-state index is 0.00662. The van der Waals surface area contributed by atoms with Gasteiger partial charge in [0.1, 0.15) is 5.78 Å². The van der Waals surface area contributed by atoms with E-state index in [-0.39, 0.29) is 46.1 Å². The molecule has 0 heterocycles. The highest BCUT2D eigenvalue weighted by atomic mass is 16.5. The summed E-state index contributed by atoms with van der Waals surface area (Å²) in [6.45, 7) is 8.75. The van der Waals surface area contributed by atoms with E-state index < -0.39 is 0 Å². The third kappa shape index (κ3) is 7.24. The molecule has 0 radical (unpaired) electrons. The van der Waals surface area contributed by atoms with Crippen molar-refractivity contribution in [1.29, 1.82) is 0 Å². The van der Waals surface area contributed by atoms with Crippen LogP contribution in [0.1, 0.15) is 63.5 Å². The highest BCUT2D eigenvalue weighted by Gasteiger charge is 2.59. The Morgan fingerprint density at radius 1 is 0.898 bits per heavy atom. The molecule has 2 aromatic rings. The van der Waals surface area contributed by atoms with Crippen molar-refractivity contribution >= 4 is 35.3 Å². The van der Waals surface area contributed by atoms with E-state index >= 15 is 0 Å². The van der Waals surface area contributed by atoms with E-state index in [1.54, 1.807) is 48.6 Å². The second kappa shape index (κ2) is 14.2. The molecule has 6 rings (SSSR count). The predicted molar refractivity (Wildman–Crippen MR) is 188 cm³/mol. The predicted octanol–water partition coefficient (Wildman–Crippen LogP) is 7.40. The summed E-state index contributed by atoms with van der Waals surface area (Å²) in [6.07, 6.45) is 15.9. The number of ether oxygens (including phenoxy) is 2. The first kappa shape index (κ1) is 35.3. The summed E-state index contributed by atoms with van der Waals surface area (Å²) in [5.41, 5.74) is 3.42. The Balaban J connectivity index is 0.000000194. The SMILES string of the molecule is C=C1C[C@@H]2[C@H](CC[C@]3(C)C(=O)CC[C@@H]23)[C@@]2(C)C=CC(=O)C=C12.COc1cc(/C=C/C(=O)CC(=O)/C=C/c2ccc(O)c(OC)c2)ccc1O. The molecule has 4 aliphatic rings. The van der Waals surface area contributed by atoms with E-state index in [0.717, 1.165) is 43.3 Å². The molecule has 49 heavy (non-hydrogen) atoms. The summed E-state index contributed by atoms with van der Waals surface area (Å²) >= 11 is 0. The first-order valence-electron chi connectivity index (χ1n) is 16.6. The summed E-state index contributed by atoms with van der Waals surface area (Å²) in [7, 11) is 2.87. The standard InChI is InChI=1S/C21H20O6.C20H24O2/c1-26-20-11-14(5-9-18(20)24)3-7-16(22)13-17(23)8-4-15-6-10-19(25)21(12-15)27-2;1-12-10-14-15-4-5-18(22)20(15,3)9-7-16(14)19(2)8-6-13(21)11-17(12)19/h3-12,24-25H,13H2,1-2H3;6,8,11,14-16H,1,4-5,7,9-10H2,2-3H3/b7-3+,8-4+;/t;14-,15-,16-,19+,20-/m.0/s1. The maximum Gasteiger partial charge on any atom is 0.178 e. The lowest BCUT2D eigenvalue weighted by atomic mass is 9.48. The molecule has 4 aliphatic carbocycles. The monoisotopic (exact) mass is 664 g/mol. The van der Waals surface area contributed by atoms with Crippen molar-refractivity contribution in [3.05, 3.63) is 95.6 Å². The molecule has 0 spiro atoms. The van der Waals surface area contributed by atoms with Crippen LogP contribution in [0.25, 0.3) is 12.2 Å². The fraction of sp³-hybridized carbons (Fsp3) is 0.366. The number of methoxy groups -OCH3 is 2. The van der Waals surface area contributed by atoms with E-state index in [9.17, 15) is 29.4 Å². The largest absolute Gasteiger partial charge is 0.504 e. The van der Waals surface area contributed by atoms with Gasteiger partial charge in [0.25, 0.3) is 0 Å². The molecule has 0 saturated heterocycles. The Hall–Kier alpha value is -4.98. The van der Waals surface area contributed by atoms with Crippen molar-refractivity contribution in [1.82, 2.24) is 0 Å². The van der Waals surface area contributed by atoms with Gasteiger partial charge in [0.05, 0.1) is 20.6 Å². The number of carbonyl (C=O) groups excluding carboxylic acids is 4. The lowest BCUT2D eigenvalue weighted by Crippen LogP contribution is -2.50. The molecule has 2 N–H and O–H groups in total. The number of hydrogen-bond acceptors (Lipinski definition) is 8. The van der Waals surface area contributed by atoms with Gasteiger partial charge in [-0.3, -0.25) is 19.2 Å². The highest BCUT2D eigenvalue weighted by Crippen LogP contribution is 2.64. The van der Waals surface area contributed by atoms with Gasteiger partial charge in [-0.15, -0.1) is 0 Å². The van der Waals surface area contributed by atoms with E-state index in [4.69, 9.17) is 9.47 Å². The average Bonchev–Trinajstić information content (AvgIpc) is 3.39. The van der Waals surface area contributed by atoms with E-state index in [2.05, 4.69) is 26.5 Å². The van der Waals surface area contributed by atoms with Gasteiger partial charge >= 0.3 is 0 Å². The van der Waals surface area contributed by atoms with Gasteiger partial charge in [0.15, 0.2) is 40.3 Å². The van der Waals surface area contributed by atoms with Crippen LogP contribution in [0.15, 0.2) is 84.5 Å². The third-order valence-electron chi connectivity index (χ3n) is 10.9. The molecule has 0 amide bonds. The molecule has 3 saturated carbocycles. The van der Waals surface area contributed by atoms with Gasteiger partial charge in [-0.05, 0) is 109 Å². The smallest absolute Gasteiger partial charge is 0.178 e. The zero-order valence-corrected chi connectivity index (χ0v) is 28.5. The number of aromatic hydroxyl groups is 2. The van der Waals surface area contributed by atoms with Crippen LogP contribution in [0, 0.1) is 28.6 Å². The van der Waals surface area contributed by atoms with Crippen molar-refractivity contribution in [3.63, 3.8) is 0 Å². The van der Waals surface area contributed by atoms with E-state index in [1.807, 2.05) is 0 Å². The Labute approximate surface area is 287 Å². The number of carbonyl (C=O) groups is 4. The van der Waals surface area contributed by atoms with Crippen LogP contribution in [-0.2, 0) is 19.2 Å². The summed E-state index contributed by atoms with van der Waals surface area (Å²) in [6, 6.07) is 9.34. The summed E-state index contributed by atoms with van der Waals surface area (Å²) in [5.74, 6) is 2.06. The lowest BCUT2D eigenvalue weighted by molar-refractivity contribution is -0.131. The zero-order chi connectivity index (χ0) is 35.5. The number of ketones is 4. The molecule has 8 heteroatoms. The van der Waals surface area contributed by atoms with Gasteiger partial charge in [-0.1, -0.05) is 56.4 Å². The second-order valence-corrected chi connectivity index (χ2v) is 13.8. The Morgan fingerprint density at radius 2 is 1.47 bits per heavy atom. The topological polar surface area (TPSA) is 127 Å². The van der Waals surface area contributed by atoms with Crippen molar-refractivity contribution in [2.75, 3.05) is 14.2 Å². The van der Waals surface area contributed by atoms with E-state index in [1.165, 1.54) is 38.5 Å². The first-order chi connectivity index (χ1) is 23.3. The number of fused-ring (bicyclic) bond motifs is 5. The first-order valence-corrected chi connectivity index (χ1v) is 16.6. The number of hydrogen-bond donors (Lipinski definition) is 2. The fourth-order valence-electron chi connectivity index (χ4n) is 8.24. The summed E-state index contributed by atoms with van der Waals surface area (Å²) in [4.78, 5) is 48.1. The van der Waals surface area contributed by atoms with Crippen molar-refractivity contribution in [2.24, 2.45) is 28.6 Å². The summed E-state index contributed by atoms with van der Waals surface area (Å²) < 4.78 is 10.00. The molecule has 0 aromatic heterocycles. The van der Waals surface area contributed by atoms with E-state index in [0.29, 0.717) is 46.2 Å². The van der Waals surface area contributed by atoms with Gasteiger partial charge < -0.3 is 19.7 Å². The number of benzene rings is 2. The number of Topliss-reactive ketones (excluding diaryl/α,β-unsaturated/α-hetero) is 1. The molecule has 0 bridgehead atoms. The highest BCUT2D eigenvalue weighted by molar-refractivity contribution is 6.11. The van der Waals surface area contributed by atoms with Gasteiger partial charge in [0, 0.05) is 17.3 Å². The molecule has 0 unspecified atom stereocenters. The molecule has 0 aliphatic heterocycles. The normalized spacial score (nSPS) is 27.1. The quantitative estimate of drug-likeness (QED) is 0.221. The van der Waals surface area contributed by atoms with Crippen LogP contribution in [0.2, 0.25) is 0 Å². The molecule has 8 nitrogen and oxygen atoms in total. The Kier molecular flexibility index (Phi) is 10.3. The number of phenolic OH excluding ortho intramolecular Hbond substituents is 2. The second-order valence-electron chi connectivity index (χ2n) is 13.8. The number of allylic oxidation sites excluding steroid dienone is 7. The Morgan fingerprint density at radius 3 is 2.02 bits per heavy atom. The van der Waals surface area contributed by atoms with Crippen LogP contribution < -0.4 is 9.47 Å². The average molecular weight is 665 g/mol. The van der Waals surface area contributed by atoms with Crippen LogP contribution in [0.5, 0.6) is 23.0 Å². The van der Waals surface area contributed by atoms with Gasteiger partial charge in [-0.25, -0.2) is 0 Å². The van der Waals surface area contributed by atoms with Crippen LogP contribution in [0.3, 0.4) is 0 Å². The molecule has 5 atom stereocenters. The van der Waals surface area contributed by atoms with Gasteiger partial charge in [-0.2, -0.15) is 0 Å². The van der Waals surface area contributed by atoms with Gasteiger partial charge in [0.2, 0.25) is 0 Å². The lowest BCUT2D eigenvalue weighted by Gasteiger charge is -2.56. The minimum atomic E-state index is -0.347. The maximum absolute atomic E-state index is 12.4. The zero-order valence-electron chi connectivity index (χ0n) is 28.5. The van der Waals surface area contributed by atoms with Crippen LogP contribution in [-0.4, -0.2) is 47.6 Å². The molecule has 256 valence electrons. The molecular formula is C41H44O8. The fourth-order valence-corrected chi connectivity index (χ4v) is 8.24. The minimum Gasteiger partial charge on any atom is -0.504 e.